The second-order valence-corrected chi connectivity index (χ2v) is 10.0. The molecule has 0 radical (unpaired) electrons. The molecular weight excluding hydrogens is 433 g/mol. The number of rotatable bonds is 11. The summed E-state index contributed by atoms with van der Waals surface area (Å²) in [6, 6.07) is 13.5. The largest absolute Gasteiger partial charge is 0.352 e. The van der Waals surface area contributed by atoms with Crippen LogP contribution < -0.4 is 10.6 Å². The van der Waals surface area contributed by atoms with Gasteiger partial charge in [-0.3, -0.25) is 9.59 Å². The van der Waals surface area contributed by atoms with Crippen molar-refractivity contribution < 1.29 is 22.4 Å². The average molecular weight is 462 g/mol. The van der Waals surface area contributed by atoms with E-state index < -0.39 is 21.9 Å². The van der Waals surface area contributed by atoms with Crippen LogP contribution in [0.2, 0.25) is 0 Å². The van der Waals surface area contributed by atoms with Crippen LogP contribution in [-0.4, -0.2) is 50.2 Å². The first-order chi connectivity index (χ1) is 15.3. The van der Waals surface area contributed by atoms with Gasteiger partial charge in [-0.05, 0) is 49.1 Å². The summed E-state index contributed by atoms with van der Waals surface area (Å²) >= 11 is 0. The summed E-state index contributed by atoms with van der Waals surface area (Å²) in [7, 11) is -2.35. The summed E-state index contributed by atoms with van der Waals surface area (Å²) in [5.41, 5.74) is 0.939. The molecule has 1 atom stereocenters. The van der Waals surface area contributed by atoms with E-state index >= 15 is 0 Å². The number of carbonyl (C=O) groups is 2. The lowest BCUT2D eigenvalue weighted by molar-refractivity contribution is -0.129. The van der Waals surface area contributed by atoms with E-state index in [0.29, 0.717) is 6.42 Å². The third-order valence-electron chi connectivity index (χ3n) is 5.26. The lowest BCUT2D eigenvalue weighted by Crippen LogP contribution is -2.48. The second-order valence-electron chi connectivity index (χ2n) is 7.98. The van der Waals surface area contributed by atoms with Gasteiger partial charge in [-0.1, -0.05) is 30.3 Å². The molecule has 2 N–H and O–H groups in total. The van der Waals surface area contributed by atoms with Crippen LogP contribution in [0.25, 0.3) is 0 Å². The topological polar surface area (TPSA) is 95.6 Å². The fourth-order valence-electron chi connectivity index (χ4n) is 3.22. The first-order valence-corrected chi connectivity index (χ1v) is 12.1. The van der Waals surface area contributed by atoms with Gasteiger partial charge in [-0.2, -0.15) is 0 Å². The van der Waals surface area contributed by atoms with Crippen molar-refractivity contribution in [3.8, 4) is 0 Å². The van der Waals surface area contributed by atoms with Crippen molar-refractivity contribution in [3.05, 3.63) is 66.0 Å². The van der Waals surface area contributed by atoms with Gasteiger partial charge in [0.1, 0.15) is 11.9 Å². The molecule has 172 valence electrons. The molecule has 7 nitrogen and oxygen atoms in total. The van der Waals surface area contributed by atoms with Crippen LogP contribution in [-0.2, 0) is 26.0 Å². The average Bonchev–Trinajstić information content (AvgIpc) is 3.58. The normalized spacial score (nSPS) is 14.7. The highest BCUT2D eigenvalue weighted by atomic mass is 32.2. The minimum Gasteiger partial charge on any atom is -0.352 e. The predicted octanol–water partition coefficient (Wildman–Crippen LogP) is 2.23. The number of amides is 2. The van der Waals surface area contributed by atoms with Gasteiger partial charge in [0.25, 0.3) is 0 Å². The molecular formula is C23H28FN3O4S. The van der Waals surface area contributed by atoms with E-state index in [1.54, 1.807) is 0 Å². The molecule has 1 saturated carbocycles. The van der Waals surface area contributed by atoms with Crippen LogP contribution in [0.15, 0.2) is 59.5 Å². The van der Waals surface area contributed by atoms with Crippen LogP contribution in [0.3, 0.4) is 0 Å². The SMILES string of the molecule is CN(CCCC(=O)NC(Cc1ccccc1)C(=O)NC1CC1)S(=O)(=O)c1ccc(F)cc1. The quantitative estimate of drug-likeness (QED) is 0.537. The minimum atomic E-state index is -3.77. The highest BCUT2D eigenvalue weighted by Crippen LogP contribution is 2.19. The van der Waals surface area contributed by atoms with E-state index in [2.05, 4.69) is 10.6 Å². The zero-order chi connectivity index (χ0) is 23.1. The highest BCUT2D eigenvalue weighted by Gasteiger charge is 2.28. The molecule has 9 heteroatoms. The zero-order valence-corrected chi connectivity index (χ0v) is 18.8. The van der Waals surface area contributed by atoms with Crippen molar-refractivity contribution in [2.75, 3.05) is 13.6 Å². The van der Waals surface area contributed by atoms with E-state index in [1.807, 2.05) is 30.3 Å². The number of hydrogen-bond acceptors (Lipinski definition) is 4. The highest BCUT2D eigenvalue weighted by molar-refractivity contribution is 7.89. The number of sulfonamides is 1. The Balaban J connectivity index is 1.52. The molecule has 0 bridgehead atoms. The van der Waals surface area contributed by atoms with E-state index in [0.717, 1.165) is 34.8 Å². The summed E-state index contributed by atoms with van der Waals surface area (Å²) in [5.74, 6) is -1.04. The maximum Gasteiger partial charge on any atom is 0.243 e. The van der Waals surface area contributed by atoms with Gasteiger partial charge in [-0.15, -0.1) is 0 Å². The fourth-order valence-corrected chi connectivity index (χ4v) is 4.43. The Morgan fingerprint density at radius 2 is 1.75 bits per heavy atom. The Hall–Kier alpha value is -2.78. The number of carbonyl (C=O) groups excluding carboxylic acids is 2. The molecule has 1 aliphatic carbocycles. The molecule has 1 fully saturated rings. The summed E-state index contributed by atoms with van der Waals surface area (Å²) in [4.78, 5) is 25.1. The third kappa shape index (κ3) is 6.86. The summed E-state index contributed by atoms with van der Waals surface area (Å²) in [5, 5.41) is 5.72. The molecule has 2 aromatic rings. The van der Waals surface area contributed by atoms with Gasteiger partial charge < -0.3 is 10.6 Å². The monoisotopic (exact) mass is 461 g/mol. The van der Waals surface area contributed by atoms with E-state index in [9.17, 15) is 22.4 Å². The summed E-state index contributed by atoms with van der Waals surface area (Å²) in [6.07, 6.45) is 2.64. The smallest absolute Gasteiger partial charge is 0.243 e. The van der Waals surface area contributed by atoms with Gasteiger partial charge >= 0.3 is 0 Å². The Labute approximate surface area is 188 Å². The van der Waals surface area contributed by atoms with Gasteiger partial charge in [0.05, 0.1) is 4.90 Å². The number of benzene rings is 2. The predicted molar refractivity (Wildman–Crippen MR) is 119 cm³/mol. The molecule has 1 unspecified atom stereocenters. The molecule has 0 heterocycles. The summed E-state index contributed by atoms with van der Waals surface area (Å²) < 4.78 is 39.3. The van der Waals surface area contributed by atoms with Crippen LogP contribution in [0.5, 0.6) is 0 Å². The summed E-state index contributed by atoms with van der Waals surface area (Å²) in [6.45, 7) is 0.116. The minimum absolute atomic E-state index is 0.00877. The molecule has 2 amide bonds. The van der Waals surface area contributed by atoms with Crippen LogP contribution >= 0.6 is 0 Å². The van der Waals surface area contributed by atoms with Crippen LogP contribution in [0, 0.1) is 5.82 Å². The van der Waals surface area contributed by atoms with Crippen molar-refractivity contribution in [2.45, 2.75) is 49.1 Å². The van der Waals surface area contributed by atoms with Crippen LogP contribution in [0.4, 0.5) is 4.39 Å². The van der Waals surface area contributed by atoms with Crippen molar-refractivity contribution in [3.63, 3.8) is 0 Å². The van der Waals surface area contributed by atoms with Crippen molar-refractivity contribution in [2.24, 2.45) is 0 Å². The molecule has 1 aliphatic rings. The van der Waals surface area contributed by atoms with E-state index in [4.69, 9.17) is 0 Å². The second kappa shape index (κ2) is 10.7. The Morgan fingerprint density at radius 3 is 2.38 bits per heavy atom. The standard InChI is InChI=1S/C23H28FN3O4S/c1-27(32(30,31)20-13-9-18(24)10-14-20)15-5-8-22(28)26-21(23(29)25-19-11-12-19)16-17-6-3-2-4-7-17/h2-4,6-7,9-10,13-14,19,21H,5,8,11-12,15-16H2,1H3,(H,25,29)(H,26,28). The first kappa shape index (κ1) is 23.9. The van der Waals surface area contributed by atoms with E-state index in [1.165, 1.54) is 19.2 Å². The number of halogens is 1. The molecule has 2 aromatic carbocycles. The Morgan fingerprint density at radius 1 is 1.09 bits per heavy atom. The van der Waals surface area contributed by atoms with E-state index in [-0.39, 0.29) is 42.1 Å². The van der Waals surface area contributed by atoms with Gasteiger partial charge in [-0.25, -0.2) is 17.1 Å². The molecule has 32 heavy (non-hydrogen) atoms. The molecule has 0 spiro atoms. The maximum absolute atomic E-state index is 13.1. The number of hydrogen-bond donors (Lipinski definition) is 2. The van der Waals surface area contributed by atoms with Gasteiger partial charge in [0.2, 0.25) is 21.8 Å². The Kier molecular flexibility index (Phi) is 7.98. The lowest BCUT2D eigenvalue weighted by atomic mass is 10.0. The Bertz CT molecular complexity index is 1020. The zero-order valence-electron chi connectivity index (χ0n) is 18.0. The molecule has 0 saturated heterocycles. The van der Waals surface area contributed by atoms with Crippen molar-refractivity contribution >= 4 is 21.8 Å². The number of nitrogens with one attached hydrogen (secondary N) is 2. The maximum atomic E-state index is 13.1. The molecule has 0 aliphatic heterocycles. The number of nitrogens with zero attached hydrogens (tertiary/aromatic N) is 1. The van der Waals surface area contributed by atoms with Gasteiger partial charge in [0, 0.05) is 32.5 Å². The molecule has 0 aromatic heterocycles. The van der Waals surface area contributed by atoms with Crippen molar-refractivity contribution in [1.29, 1.82) is 0 Å². The first-order valence-electron chi connectivity index (χ1n) is 10.6. The van der Waals surface area contributed by atoms with Gasteiger partial charge in [0.15, 0.2) is 0 Å². The lowest BCUT2D eigenvalue weighted by Gasteiger charge is -2.20. The van der Waals surface area contributed by atoms with Crippen molar-refractivity contribution in [1.82, 2.24) is 14.9 Å². The third-order valence-corrected chi connectivity index (χ3v) is 7.13. The van der Waals surface area contributed by atoms with Crippen LogP contribution in [0.1, 0.15) is 31.2 Å². The molecule has 3 rings (SSSR count). The fraction of sp³-hybridized carbons (Fsp3) is 0.391.